The van der Waals surface area contributed by atoms with Crippen molar-refractivity contribution < 1.29 is 4.21 Å². The van der Waals surface area contributed by atoms with Gasteiger partial charge in [0.15, 0.2) is 0 Å². The van der Waals surface area contributed by atoms with Crippen LogP contribution in [0.2, 0.25) is 0 Å². The summed E-state index contributed by atoms with van der Waals surface area (Å²) in [5.74, 6) is 0.593. The van der Waals surface area contributed by atoms with Crippen LogP contribution in [-0.4, -0.2) is 9.96 Å². The molecule has 0 radical (unpaired) electrons. The highest BCUT2D eigenvalue weighted by molar-refractivity contribution is 7.85. The van der Waals surface area contributed by atoms with E-state index in [1.165, 1.54) is 0 Å². The molecule has 1 aromatic rings. The van der Waals surface area contributed by atoms with Gasteiger partial charge in [-0.15, -0.1) is 0 Å². The second kappa shape index (κ2) is 6.01. The molecule has 3 nitrogen and oxygen atoms in total. The number of nitrogen functional groups attached to an aromatic ring is 1. The van der Waals surface area contributed by atoms with Crippen LogP contribution < -0.4 is 5.73 Å². The minimum Gasteiger partial charge on any atom is -0.399 e. The summed E-state index contributed by atoms with van der Waals surface area (Å²) in [5.41, 5.74) is 6.99. The molecule has 18 heavy (non-hydrogen) atoms. The highest BCUT2D eigenvalue weighted by Crippen LogP contribution is 2.22. The smallest absolute Gasteiger partial charge is 0.0683 e. The van der Waals surface area contributed by atoms with E-state index in [2.05, 4.69) is 6.07 Å². The number of hydrogen-bond acceptors (Lipinski definition) is 3. The first kappa shape index (κ1) is 14.7. The molecule has 1 rings (SSSR count). The van der Waals surface area contributed by atoms with Crippen LogP contribution >= 0.6 is 0 Å². The fraction of sp³-hybridized carbons (Fsp3) is 0.500. The van der Waals surface area contributed by atoms with Crippen molar-refractivity contribution in [2.24, 2.45) is 5.41 Å². The lowest BCUT2D eigenvalue weighted by molar-refractivity contribution is 0.447. The van der Waals surface area contributed by atoms with Crippen molar-refractivity contribution in [3.63, 3.8) is 0 Å². The third-order valence-corrected chi connectivity index (χ3v) is 4.49. The molecule has 0 saturated heterocycles. The van der Waals surface area contributed by atoms with Crippen LogP contribution in [0, 0.1) is 23.7 Å². The molecular weight excluding hydrogens is 244 g/mol. The summed E-state index contributed by atoms with van der Waals surface area (Å²) in [6.45, 7) is 5.73. The molecule has 98 valence electrons. The number of aryl methyl sites for hydroxylation is 1. The molecule has 0 saturated carbocycles. The van der Waals surface area contributed by atoms with E-state index in [4.69, 9.17) is 11.0 Å². The Balaban J connectivity index is 2.59. The minimum absolute atomic E-state index is 0.333. The van der Waals surface area contributed by atoms with Crippen molar-refractivity contribution in [2.75, 3.05) is 11.5 Å². The SMILES string of the molecule is Cc1cc(N)ccc1S(=O)CCCC(C)(C)C#N. The van der Waals surface area contributed by atoms with Crippen molar-refractivity contribution >= 4 is 16.5 Å². The summed E-state index contributed by atoms with van der Waals surface area (Å²) in [6.07, 6.45) is 1.56. The zero-order valence-corrected chi connectivity index (χ0v) is 12.0. The summed E-state index contributed by atoms with van der Waals surface area (Å²) in [6, 6.07) is 7.70. The molecule has 0 fully saturated rings. The average Bonchev–Trinajstić information content (AvgIpc) is 2.28. The summed E-state index contributed by atoms with van der Waals surface area (Å²) < 4.78 is 12.1. The number of benzene rings is 1. The second-order valence-corrected chi connectivity index (χ2v) is 6.71. The minimum atomic E-state index is -1.00. The normalized spacial score (nSPS) is 13.0. The molecule has 0 amide bonds. The van der Waals surface area contributed by atoms with Gasteiger partial charge in [0.1, 0.15) is 0 Å². The van der Waals surface area contributed by atoms with Crippen molar-refractivity contribution in [1.29, 1.82) is 5.26 Å². The van der Waals surface area contributed by atoms with Gasteiger partial charge in [0.2, 0.25) is 0 Å². The van der Waals surface area contributed by atoms with E-state index >= 15 is 0 Å². The Morgan fingerprint density at radius 1 is 1.44 bits per heavy atom. The van der Waals surface area contributed by atoms with Gasteiger partial charge >= 0.3 is 0 Å². The number of hydrogen-bond donors (Lipinski definition) is 1. The monoisotopic (exact) mass is 264 g/mol. The van der Waals surface area contributed by atoms with E-state index in [1.807, 2.05) is 32.9 Å². The van der Waals surface area contributed by atoms with E-state index in [-0.39, 0.29) is 5.41 Å². The quantitative estimate of drug-likeness (QED) is 0.831. The standard InChI is InChI=1S/C14H20N2OS/c1-11-9-12(16)5-6-13(11)18(17)8-4-7-14(2,3)10-15/h5-6,9H,4,7-8,16H2,1-3H3. The molecule has 4 heteroatoms. The maximum atomic E-state index is 12.1. The predicted octanol–water partition coefficient (Wildman–Crippen LogP) is 3.01. The van der Waals surface area contributed by atoms with Gasteiger partial charge in [-0.05, 0) is 57.4 Å². The summed E-state index contributed by atoms with van der Waals surface area (Å²) in [4.78, 5) is 0.846. The van der Waals surface area contributed by atoms with Gasteiger partial charge in [-0.1, -0.05) is 0 Å². The van der Waals surface area contributed by atoms with Crippen LogP contribution in [0.15, 0.2) is 23.1 Å². The Hall–Kier alpha value is -1.34. The van der Waals surface area contributed by atoms with Crippen molar-refractivity contribution in [2.45, 2.75) is 38.5 Å². The van der Waals surface area contributed by atoms with Crippen LogP contribution in [0.5, 0.6) is 0 Å². The molecule has 0 spiro atoms. The molecule has 0 bridgehead atoms. The molecule has 1 aromatic carbocycles. The van der Waals surface area contributed by atoms with Gasteiger partial charge in [-0.2, -0.15) is 5.26 Å². The predicted molar refractivity (Wildman–Crippen MR) is 75.5 cm³/mol. The lowest BCUT2D eigenvalue weighted by Crippen LogP contribution is -2.10. The average molecular weight is 264 g/mol. The summed E-state index contributed by atoms with van der Waals surface area (Å²) >= 11 is 0. The summed E-state index contributed by atoms with van der Waals surface area (Å²) in [5, 5.41) is 8.91. The molecule has 0 aliphatic carbocycles. The van der Waals surface area contributed by atoms with Gasteiger partial charge in [0.25, 0.3) is 0 Å². The first-order valence-corrected chi connectivity index (χ1v) is 7.33. The van der Waals surface area contributed by atoms with Gasteiger partial charge < -0.3 is 5.73 Å². The van der Waals surface area contributed by atoms with Crippen molar-refractivity contribution in [3.8, 4) is 6.07 Å². The van der Waals surface area contributed by atoms with Crippen molar-refractivity contribution in [3.05, 3.63) is 23.8 Å². The third-order valence-electron chi connectivity index (χ3n) is 2.88. The fourth-order valence-corrected chi connectivity index (χ4v) is 3.00. The van der Waals surface area contributed by atoms with Gasteiger partial charge in [-0.3, -0.25) is 4.21 Å². The molecule has 1 atom stereocenters. The van der Waals surface area contributed by atoms with E-state index in [0.717, 1.165) is 23.3 Å². The third kappa shape index (κ3) is 4.15. The van der Waals surface area contributed by atoms with Crippen LogP contribution in [0.3, 0.4) is 0 Å². The molecule has 0 aliphatic rings. The lowest BCUT2D eigenvalue weighted by atomic mass is 9.90. The molecule has 0 aromatic heterocycles. The topological polar surface area (TPSA) is 66.9 Å². The zero-order chi connectivity index (χ0) is 13.8. The molecular formula is C14H20N2OS. The molecule has 2 N–H and O–H groups in total. The highest BCUT2D eigenvalue weighted by Gasteiger charge is 2.17. The van der Waals surface area contributed by atoms with Gasteiger partial charge in [0, 0.05) is 16.3 Å². The first-order chi connectivity index (χ1) is 8.35. The molecule has 0 heterocycles. The Morgan fingerprint density at radius 2 is 2.11 bits per heavy atom. The number of anilines is 1. The Kier molecular flexibility index (Phi) is 4.92. The Bertz CT molecular complexity index is 489. The maximum Gasteiger partial charge on any atom is 0.0683 e. The molecule has 0 aliphatic heterocycles. The highest BCUT2D eigenvalue weighted by atomic mass is 32.2. The fourth-order valence-electron chi connectivity index (χ4n) is 1.74. The van der Waals surface area contributed by atoms with E-state index in [0.29, 0.717) is 11.4 Å². The largest absolute Gasteiger partial charge is 0.399 e. The van der Waals surface area contributed by atoms with E-state index in [9.17, 15) is 4.21 Å². The van der Waals surface area contributed by atoms with Crippen LogP contribution in [0.4, 0.5) is 5.69 Å². The number of rotatable bonds is 5. The lowest BCUT2D eigenvalue weighted by Gasteiger charge is -2.14. The van der Waals surface area contributed by atoms with Crippen LogP contribution in [-0.2, 0) is 10.8 Å². The first-order valence-electron chi connectivity index (χ1n) is 6.01. The number of nitrogens with two attached hydrogens (primary N) is 1. The summed E-state index contributed by atoms with van der Waals surface area (Å²) in [7, 11) is -1.00. The van der Waals surface area contributed by atoms with E-state index in [1.54, 1.807) is 6.07 Å². The second-order valence-electron chi connectivity index (χ2n) is 5.17. The number of nitrogens with zero attached hydrogens (tertiary/aromatic N) is 1. The zero-order valence-electron chi connectivity index (χ0n) is 11.2. The van der Waals surface area contributed by atoms with Crippen LogP contribution in [0.1, 0.15) is 32.3 Å². The van der Waals surface area contributed by atoms with Gasteiger partial charge in [-0.25, -0.2) is 0 Å². The molecule has 1 unspecified atom stereocenters. The van der Waals surface area contributed by atoms with E-state index < -0.39 is 10.8 Å². The number of nitriles is 1. The maximum absolute atomic E-state index is 12.1. The Morgan fingerprint density at radius 3 is 2.67 bits per heavy atom. The van der Waals surface area contributed by atoms with Crippen LogP contribution in [0.25, 0.3) is 0 Å². The van der Waals surface area contributed by atoms with Gasteiger partial charge in [0.05, 0.1) is 22.3 Å². The Labute approximate surface area is 111 Å². The van der Waals surface area contributed by atoms with Crippen molar-refractivity contribution in [1.82, 2.24) is 0 Å².